The molecule has 49 heavy (non-hydrogen) atoms. The molecular weight excluding hydrogens is 696 g/mol. The van der Waals surface area contributed by atoms with Crippen molar-refractivity contribution < 1.29 is 40.7 Å². The maximum absolute atomic E-state index is 14.4. The number of aryl methyl sites for hydroxylation is 2. The number of aromatic nitrogens is 1. The highest BCUT2D eigenvalue weighted by atomic mass is 35.5. The summed E-state index contributed by atoms with van der Waals surface area (Å²) < 4.78 is 74.8. The number of nitrogens with zero attached hydrogens (tertiary/aromatic N) is 3. The summed E-state index contributed by atoms with van der Waals surface area (Å²) in [4.78, 5) is 15.9. The molecule has 270 valence electrons. The van der Waals surface area contributed by atoms with E-state index in [1.165, 1.54) is 66.5 Å². The van der Waals surface area contributed by atoms with Crippen LogP contribution in [-0.4, -0.2) is 93.8 Å². The van der Waals surface area contributed by atoms with E-state index in [1.54, 1.807) is 13.0 Å². The maximum Gasteiger partial charge on any atom is 0.267 e. The molecule has 0 bridgehead atoms. The average Bonchev–Trinajstić information content (AvgIpc) is 3.40. The molecule has 0 spiro atoms. The van der Waals surface area contributed by atoms with E-state index >= 15 is 0 Å². The fourth-order valence-electron chi connectivity index (χ4n) is 5.65. The van der Waals surface area contributed by atoms with Gasteiger partial charge in [-0.2, -0.15) is 4.31 Å². The minimum atomic E-state index is -4.12. The quantitative estimate of drug-likeness (QED) is 0.309. The number of halogens is 1. The average molecular weight is 741 g/mol. The van der Waals surface area contributed by atoms with Crippen molar-refractivity contribution in [2.24, 2.45) is 5.92 Å². The molecule has 0 radical (unpaired) electrons. The van der Waals surface area contributed by atoms with Crippen molar-refractivity contribution in [3.8, 4) is 5.75 Å². The summed E-state index contributed by atoms with van der Waals surface area (Å²) in [5.74, 6) is -0.517. The molecule has 4 atom stereocenters. The monoisotopic (exact) mass is 740 g/mol. The molecular formula is C33H45ClN4O9S2. The lowest BCUT2D eigenvalue weighted by Gasteiger charge is -2.35. The summed E-state index contributed by atoms with van der Waals surface area (Å²) in [7, 11) is -6.53. The van der Waals surface area contributed by atoms with E-state index < -0.39 is 44.0 Å². The Morgan fingerprint density at radius 3 is 2.43 bits per heavy atom. The minimum absolute atomic E-state index is 0.00535. The number of benzene rings is 2. The highest BCUT2D eigenvalue weighted by Gasteiger charge is 2.33. The van der Waals surface area contributed by atoms with Crippen LogP contribution in [0.2, 0.25) is 5.02 Å². The van der Waals surface area contributed by atoms with Crippen LogP contribution in [-0.2, 0) is 24.8 Å². The first-order chi connectivity index (χ1) is 23.0. The van der Waals surface area contributed by atoms with Gasteiger partial charge in [-0.05, 0) is 89.4 Å². The molecule has 2 heterocycles. The number of likely N-dealkylation sites (N-methyl/N-ethyl adjacent to an activating group) is 1. The van der Waals surface area contributed by atoms with Gasteiger partial charge in [-0.1, -0.05) is 23.7 Å². The molecule has 1 aromatic heterocycles. The van der Waals surface area contributed by atoms with Gasteiger partial charge in [0.05, 0.1) is 35.3 Å². The Labute approximate surface area is 293 Å². The summed E-state index contributed by atoms with van der Waals surface area (Å²) in [5.41, 5.74) is 0.400. The van der Waals surface area contributed by atoms with E-state index in [9.17, 15) is 26.7 Å². The van der Waals surface area contributed by atoms with Crippen LogP contribution >= 0.6 is 11.6 Å². The van der Waals surface area contributed by atoms with Gasteiger partial charge in [0.2, 0.25) is 10.0 Å². The molecule has 0 unspecified atom stereocenters. The van der Waals surface area contributed by atoms with Crippen LogP contribution in [0.15, 0.2) is 56.8 Å². The first kappa shape index (κ1) is 38.6. The van der Waals surface area contributed by atoms with E-state index in [0.29, 0.717) is 24.5 Å². The smallest absolute Gasteiger partial charge is 0.267 e. The SMILES string of the molecule is Cc1noc(C)c1S(=O)(=O)Nc1ccc2c(c1)C(=O)N([C@@H](C)CO)C[C@@H](C)[C@H](CN(C)S(=O)(=O)c1ccc(Cl)cc1)OCCCC[C@@H](C)O2. The molecule has 1 amide bonds. The number of anilines is 1. The number of aliphatic hydroxyl groups is 1. The van der Waals surface area contributed by atoms with Crippen LogP contribution in [0.5, 0.6) is 5.75 Å². The van der Waals surface area contributed by atoms with Crippen molar-refractivity contribution in [3.05, 3.63) is 64.5 Å². The normalized spacial score (nSPS) is 20.7. The lowest BCUT2D eigenvalue weighted by atomic mass is 10.0. The lowest BCUT2D eigenvalue weighted by Crippen LogP contribution is -2.48. The number of ether oxygens (including phenoxy) is 2. The second kappa shape index (κ2) is 16.2. The Morgan fingerprint density at radius 1 is 1.10 bits per heavy atom. The van der Waals surface area contributed by atoms with Gasteiger partial charge in [0.25, 0.3) is 15.9 Å². The second-order valence-electron chi connectivity index (χ2n) is 12.5. The summed E-state index contributed by atoms with van der Waals surface area (Å²) in [6, 6.07) is 9.73. The number of aliphatic hydroxyl groups excluding tert-OH is 1. The lowest BCUT2D eigenvalue weighted by molar-refractivity contribution is -0.00833. The first-order valence-corrected chi connectivity index (χ1v) is 19.4. The Kier molecular flexibility index (Phi) is 12.8. The standard InChI is InChI=1S/C33H45ClN4O9S2/c1-21-18-38(22(2)20-39)33(40)29-17-27(36-48(41,42)32-24(4)35-47-25(32)5)12-15-30(29)46-23(3)9-7-8-16-45-31(21)19-37(6)49(43,44)28-13-10-26(34)11-14-28/h10-15,17,21-23,31,36,39H,7-9,16,18-20H2,1-6H3/t21-,22+,23-,31+/m1/s1. The molecule has 2 aromatic carbocycles. The number of hydrogen-bond donors (Lipinski definition) is 2. The zero-order valence-corrected chi connectivity index (χ0v) is 30.9. The number of rotatable bonds is 9. The third-order valence-electron chi connectivity index (χ3n) is 8.50. The fourth-order valence-corrected chi connectivity index (χ4v) is 8.34. The van der Waals surface area contributed by atoms with Gasteiger partial charge in [0, 0.05) is 43.4 Å². The molecule has 3 aromatic rings. The molecule has 16 heteroatoms. The van der Waals surface area contributed by atoms with Gasteiger partial charge >= 0.3 is 0 Å². The van der Waals surface area contributed by atoms with Crippen molar-refractivity contribution in [1.29, 1.82) is 0 Å². The van der Waals surface area contributed by atoms with Crippen LogP contribution in [0, 0.1) is 19.8 Å². The predicted octanol–water partition coefficient (Wildman–Crippen LogP) is 4.86. The topological polar surface area (TPSA) is 169 Å². The third-order valence-corrected chi connectivity index (χ3v) is 12.2. The van der Waals surface area contributed by atoms with E-state index in [1.807, 2.05) is 13.8 Å². The molecule has 0 aliphatic carbocycles. The predicted molar refractivity (Wildman–Crippen MR) is 185 cm³/mol. The molecule has 0 saturated heterocycles. The van der Waals surface area contributed by atoms with E-state index in [0.717, 1.165) is 6.42 Å². The molecule has 13 nitrogen and oxygen atoms in total. The number of nitrogens with one attached hydrogen (secondary N) is 1. The van der Waals surface area contributed by atoms with Crippen molar-refractivity contribution in [2.45, 2.75) is 81.9 Å². The summed E-state index contributed by atoms with van der Waals surface area (Å²) >= 11 is 5.98. The number of carbonyl (C=O) groups excluding carboxylic acids is 1. The largest absolute Gasteiger partial charge is 0.490 e. The molecule has 1 aliphatic heterocycles. The van der Waals surface area contributed by atoms with Crippen LogP contribution < -0.4 is 9.46 Å². The van der Waals surface area contributed by atoms with Crippen molar-refractivity contribution >= 4 is 43.2 Å². The fraction of sp³-hybridized carbons (Fsp3) is 0.515. The number of hydrogen-bond acceptors (Lipinski definition) is 10. The van der Waals surface area contributed by atoms with Crippen LogP contribution in [0.4, 0.5) is 5.69 Å². The Morgan fingerprint density at radius 2 is 1.80 bits per heavy atom. The van der Waals surface area contributed by atoms with Crippen LogP contribution in [0.1, 0.15) is 61.8 Å². The molecule has 4 rings (SSSR count). The van der Waals surface area contributed by atoms with E-state index in [2.05, 4.69) is 9.88 Å². The summed E-state index contributed by atoms with van der Waals surface area (Å²) in [5, 5.41) is 14.4. The number of sulfonamides is 2. The van der Waals surface area contributed by atoms with Gasteiger partial charge in [-0.15, -0.1) is 0 Å². The summed E-state index contributed by atoms with van der Waals surface area (Å²) in [6.45, 7) is 8.54. The van der Waals surface area contributed by atoms with Gasteiger partial charge < -0.3 is 24.0 Å². The Balaban J connectivity index is 1.69. The Hall–Kier alpha value is -3.21. The number of fused-ring (bicyclic) bond motifs is 1. The molecule has 0 saturated carbocycles. The van der Waals surface area contributed by atoms with Gasteiger partial charge in [-0.3, -0.25) is 9.52 Å². The zero-order valence-electron chi connectivity index (χ0n) is 28.5. The number of amides is 1. The van der Waals surface area contributed by atoms with Gasteiger partial charge in [0.15, 0.2) is 10.7 Å². The van der Waals surface area contributed by atoms with E-state index in [-0.39, 0.29) is 64.0 Å². The van der Waals surface area contributed by atoms with Crippen molar-refractivity contribution in [3.63, 3.8) is 0 Å². The Bertz CT molecular complexity index is 1800. The zero-order chi connectivity index (χ0) is 36.1. The van der Waals surface area contributed by atoms with Crippen LogP contribution in [0.25, 0.3) is 0 Å². The van der Waals surface area contributed by atoms with Crippen LogP contribution in [0.3, 0.4) is 0 Å². The highest BCUT2D eigenvalue weighted by Crippen LogP contribution is 2.31. The van der Waals surface area contributed by atoms with Crippen molar-refractivity contribution in [1.82, 2.24) is 14.4 Å². The molecule has 1 aliphatic rings. The van der Waals surface area contributed by atoms with Gasteiger partial charge in [-0.25, -0.2) is 16.8 Å². The van der Waals surface area contributed by atoms with Gasteiger partial charge in [0.1, 0.15) is 11.4 Å². The van der Waals surface area contributed by atoms with Crippen molar-refractivity contribution in [2.75, 3.05) is 38.1 Å². The summed E-state index contributed by atoms with van der Waals surface area (Å²) in [6.07, 6.45) is 1.16. The minimum Gasteiger partial charge on any atom is -0.490 e. The number of carbonyl (C=O) groups is 1. The molecule has 0 fully saturated rings. The van der Waals surface area contributed by atoms with E-state index in [4.69, 9.17) is 25.6 Å². The highest BCUT2D eigenvalue weighted by molar-refractivity contribution is 7.92. The first-order valence-electron chi connectivity index (χ1n) is 16.1. The second-order valence-corrected chi connectivity index (χ2v) is 16.6. The third kappa shape index (κ3) is 9.32. The maximum atomic E-state index is 14.4. The molecule has 2 N–H and O–H groups in total.